The first-order valence-electron chi connectivity index (χ1n) is 9.12. The predicted molar refractivity (Wildman–Crippen MR) is 114 cm³/mol. The van der Waals surface area contributed by atoms with Crippen molar-refractivity contribution in [2.45, 2.75) is 19.4 Å². The van der Waals surface area contributed by atoms with Gasteiger partial charge >= 0.3 is 5.69 Å². The number of fused-ring (bicyclic) bond motifs is 2. The lowest BCUT2D eigenvalue weighted by Gasteiger charge is -2.15. The molecule has 0 atom stereocenters. The van der Waals surface area contributed by atoms with Crippen molar-refractivity contribution < 1.29 is 0 Å². The number of allylic oxidation sites excluding steroid dienone is 4. The molecule has 8 nitrogen and oxygen atoms in total. The first-order chi connectivity index (χ1) is 14.5. The van der Waals surface area contributed by atoms with E-state index in [4.69, 9.17) is 23.2 Å². The Labute approximate surface area is 179 Å². The van der Waals surface area contributed by atoms with Gasteiger partial charge in [-0.3, -0.25) is 9.13 Å². The third-order valence-electron chi connectivity index (χ3n) is 5.01. The summed E-state index contributed by atoms with van der Waals surface area (Å²) in [5.74, 6) is 0.332. The van der Waals surface area contributed by atoms with Crippen LogP contribution < -0.4 is 5.69 Å². The molecule has 1 aromatic carbocycles. The smallest absolute Gasteiger partial charge is 0.303 e. The van der Waals surface area contributed by atoms with E-state index < -0.39 is 0 Å². The molecule has 4 aromatic rings. The summed E-state index contributed by atoms with van der Waals surface area (Å²) in [6.07, 6.45) is 6.49. The molecule has 0 saturated heterocycles. The van der Waals surface area contributed by atoms with Crippen molar-refractivity contribution in [2.24, 2.45) is 0 Å². The summed E-state index contributed by atoms with van der Waals surface area (Å²) in [7, 11) is 0. The van der Waals surface area contributed by atoms with Crippen molar-refractivity contribution in [3.05, 3.63) is 68.5 Å². The average Bonchev–Trinajstić information content (AvgIpc) is 3.30. The van der Waals surface area contributed by atoms with Crippen molar-refractivity contribution >= 4 is 45.4 Å². The molecule has 30 heavy (non-hydrogen) atoms. The van der Waals surface area contributed by atoms with Crippen molar-refractivity contribution in [1.82, 2.24) is 29.1 Å². The van der Waals surface area contributed by atoms with Gasteiger partial charge in [0.15, 0.2) is 5.65 Å². The molecule has 0 saturated carbocycles. The van der Waals surface area contributed by atoms with Gasteiger partial charge in [0, 0.05) is 15.6 Å². The third-order valence-corrected chi connectivity index (χ3v) is 5.81. The Morgan fingerprint density at radius 1 is 1.27 bits per heavy atom. The van der Waals surface area contributed by atoms with E-state index >= 15 is 0 Å². The van der Waals surface area contributed by atoms with Gasteiger partial charge in [0.2, 0.25) is 5.95 Å². The van der Waals surface area contributed by atoms with E-state index in [1.807, 2.05) is 6.08 Å². The summed E-state index contributed by atoms with van der Waals surface area (Å²) in [6.45, 7) is 0.201. The topological polar surface area (TPSA) is 105 Å². The van der Waals surface area contributed by atoms with Crippen LogP contribution in [-0.2, 0) is 6.54 Å². The van der Waals surface area contributed by atoms with E-state index in [2.05, 4.69) is 26.0 Å². The minimum atomic E-state index is -0.328. The molecule has 5 rings (SSSR count). The quantitative estimate of drug-likeness (QED) is 0.525. The van der Waals surface area contributed by atoms with Gasteiger partial charge in [0.05, 0.1) is 35.4 Å². The number of H-pyrrole nitrogens is 1. The molecule has 0 radical (unpaired) electrons. The molecule has 10 heteroatoms. The number of nitriles is 1. The number of nitrogens with one attached hydrogen (secondary N) is 1. The zero-order valence-corrected chi connectivity index (χ0v) is 16.9. The van der Waals surface area contributed by atoms with Crippen LogP contribution in [0.15, 0.2) is 57.2 Å². The second kappa shape index (κ2) is 7.13. The number of nitrogens with zero attached hydrogens (tertiary/aromatic N) is 6. The number of aromatic nitrogens is 6. The Hall–Kier alpha value is -3.41. The predicted octanol–water partition coefficient (Wildman–Crippen LogP) is 3.74. The maximum Gasteiger partial charge on any atom is 0.328 e. The fraction of sp³-hybridized carbons (Fsp3) is 0.150. The van der Waals surface area contributed by atoms with Gasteiger partial charge in [-0.1, -0.05) is 29.3 Å². The van der Waals surface area contributed by atoms with Crippen LogP contribution in [0.5, 0.6) is 0 Å². The zero-order chi connectivity index (χ0) is 20.8. The molecule has 148 valence electrons. The monoisotopic (exact) mass is 437 g/mol. The summed E-state index contributed by atoms with van der Waals surface area (Å²) in [5.41, 5.74) is 3.21. The summed E-state index contributed by atoms with van der Waals surface area (Å²) in [4.78, 5) is 28.6. The Bertz CT molecular complexity index is 1480. The summed E-state index contributed by atoms with van der Waals surface area (Å²) < 4.78 is 3.16. The molecule has 0 amide bonds. The molecule has 1 aliphatic carbocycles. The van der Waals surface area contributed by atoms with Gasteiger partial charge in [-0.2, -0.15) is 10.2 Å². The Kier molecular flexibility index (Phi) is 4.42. The SMILES string of the molecule is N#Cc1ccc2ncn(-c3ncc4[nH]c(=O)n(CC5=C(Cl)CCC=C5Cl)c4n3)c2c1. The Balaban J connectivity index is 1.65. The molecular formula is C20H13Cl2N7O. The highest BCUT2D eigenvalue weighted by molar-refractivity contribution is 6.36. The van der Waals surface area contributed by atoms with Crippen molar-refractivity contribution in [1.29, 1.82) is 5.26 Å². The normalized spacial score (nSPS) is 14.4. The van der Waals surface area contributed by atoms with Gasteiger partial charge in [-0.15, -0.1) is 0 Å². The van der Waals surface area contributed by atoms with Gasteiger partial charge in [-0.05, 0) is 31.0 Å². The fourth-order valence-electron chi connectivity index (χ4n) is 3.48. The molecular weight excluding hydrogens is 425 g/mol. The van der Waals surface area contributed by atoms with E-state index in [1.165, 1.54) is 4.57 Å². The van der Waals surface area contributed by atoms with E-state index in [1.54, 1.807) is 35.3 Å². The van der Waals surface area contributed by atoms with Crippen molar-refractivity contribution in [3.63, 3.8) is 0 Å². The average molecular weight is 438 g/mol. The number of hydrogen-bond donors (Lipinski definition) is 1. The summed E-state index contributed by atoms with van der Waals surface area (Å²) in [6, 6.07) is 7.30. The highest BCUT2D eigenvalue weighted by Crippen LogP contribution is 2.31. The largest absolute Gasteiger partial charge is 0.328 e. The van der Waals surface area contributed by atoms with E-state index in [9.17, 15) is 10.1 Å². The maximum atomic E-state index is 12.6. The van der Waals surface area contributed by atoms with E-state index in [0.717, 1.165) is 6.42 Å². The second-order valence-electron chi connectivity index (χ2n) is 6.83. The lowest BCUT2D eigenvalue weighted by Crippen LogP contribution is -2.19. The van der Waals surface area contributed by atoms with Crippen LogP contribution >= 0.6 is 23.2 Å². The Morgan fingerprint density at radius 3 is 2.93 bits per heavy atom. The number of aromatic amines is 1. The van der Waals surface area contributed by atoms with Gasteiger partial charge in [-0.25, -0.2) is 14.8 Å². The van der Waals surface area contributed by atoms with Crippen molar-refractivity contribution in [3.8, 4) is 12.0 Å². The molecule has 1 aliphatic rings. The first kappa shape index (κ1) is 18.6. The Morgan fingerprint density at radius 2 is 2.13 bits per heavy atom. The minimum Gasteiger partial charge on any atom is -0.303 e. The van der Waals surface area contributed by atoms with Gasteiger partial charge in [0.25, 0.3) is 0 Å². The van der Waals surface area contributed by atoms with E-state index in [0.29, 0.717) is 55.8 Å². The first-order valence-corrected chi connectivity index (χ1v) is 9.87. The minimum absolute atomic E-state index is 0.201. The molecule has 0 unspecified atom stereocenters. The lowest BCUT2D eigenvalue weighted by atomic mass is 10.1. The molecule has 0 bridgehead atoms. The molecule has 0 fully saturated rings. The number of rotatable bonds is 3. The zero-order valence-electron chi connectivity index (χ0n) is 15.4. The molecule has 3 heterocycles. The maximum absolute atomic E-state index is 12.6. The van der Waals surface area contributed by atoms with Crippen molar-refractivity contribution in [2.75, 3.05) is 0 Å². The summed E-state index contributed by atoms with van der Waals surface area (Å²) >= 11 is 12.7. The number of benzene rings is 1. The fourth-order valence-corrected chi connectivity index (χ4v) is 4.09. The number of halogens is 2. The standard InChI is InChI=1S/C20H13Cl2N7O/c21-13-2-1-3-14(22)12(13)9-28-18-16(26-20(28)30)8-24-19(27-18)29-10-25-15-5-4-11(7-23)6-17(15)29/h2,4-6,8,10H,1,3,9H2,(H,26,30). The lowest BCUT2D eigenvalue weighted by molar-refractivity contribution is 0.758. The van der Waals surface area contributed by atoms with Crippen LogP contribution in [0.3, 0.4) is 0 Å². The highest BCUT2D eigenvalue weighted by Gasteiger charge is 2.18. The third kappa shape index (κ3) is 3.00. The van der Waals surface area contributed by atoms with Gasteiger partial charge in [0.1, 0.15) is 11.8 Å². The van der Waals surface area contributed by atoms with Crippen LogP contribution in [0.25, 0.3) is 28.1 Å². The van der Waals surface area contributed by atoms with E-state index in [-0.39, 0.29) is 12.2 Å². The molecule has 1 N–H and O–H groups in total. The van der Waals surface area contributed by atoms with Crippen LogP contribution in [0.2, 0.25) is 0 Å². The molecule has 3 aromatic heterocycles. The van der Waals surface area contributed by atoms with Gasteiger partial charge < -0.3 is 4.98 Å². The molecule has 0 aliphatic heterocycles. The van der Waals surface area contributed by atoms with Crippen LogP contribution in [0, 0.1) is 11.3 Å². The van der Waals surface area contributed by atoms with Crippen LogP contribution in [-0.4, -0.2) is 29.1 Å². The van der Waals surface area contributed by atoms with Crippen LogP contribution in [0.4, 0.5) is 0 Å². The second-order valence-corrected chi connectivity index (χ2v) is 7.69. The molecule has 0 spiro atoms. The number of imidazole rings is 2. The highest BCUT2D eigenvalue weighted by atomic mass is 35.5. The van der Waals surface area contributed by atoms with Crippen LogP contribution in [0.1, 0.15) is 18.4 Å². The summed E-state index contributed by atoms with van der Waals surface area (Å²) in [5, 5.41) is 10.4. The number of hydrogen-bond acceptors (Lipinski definition) is 5.